The summed E-state index contributed by atoms with van der Waals surface area (Å²) in [5.74, 6) is -0.315. The van der Waals surface area contributed by atoms with Crippen LogP contribution in [0.1, 0.15) is 156 Å². The molecule has 0 spiro atoms. The van der Waals surface area contributed by atoms with Gasteiger partial charge in [-0.05, 0) is 44.4 Å². The molecule has 12 nitrogen and oxygen atoms in total. The van der Waals surface area contributed by atoms with Crippen LogP contribution in [0.15, 0.2) is 12.2 Å². The molecule has 0 aromatic carbocycles. The van der Waals surface area contributed by atoms with E-state index >= 15 is 0 Å². The maximum absolute atomic E-state index is 12.5. The summed E-state index contributed by atoms with van der Waals surface area (Å²) in [6, 6.07) is 0. The number of hydrogen-bond acceptors (Lipinski definition) is 11. The van der Waals surface area contributed by atoms with Gasteiger partial charge in [0.25, 0.3) is 0 Å². The third-order valence-electron chi connectivity index (χ3n) is 8.30. The van der Waals surface area contributed by atoms with Crippen LogP contribution >= 0.6 is 7.82 Å². The standard InChI is InChI=1S/C37H71O12P/c1-4-5-6-7-13-18-23-34(40)35(41)24-19-14-11-16-20-25-36(42)46-29-33(30-48-50(44,45)47-28-32(39)27-38)49-37(43)26-21-15-10-8-9-12-17-22-31(2)3/h13,18,31-35,38-41H,4-12,14-17,19-30H2,1-3H3,(H,44,45)/b18-13-/t32-,33+,34+,35+/m0/s1. The highest BCUT2D eigenvalue weighted by molar-refractivity contribution is 7.47. The number of rotatable bonds is 35. The second kappa shape index (κ2) is 32.3. The Kier molecular flexibility index (Phi) is 31.4. The lowest BCUT2D eigenvalue weighted by Crippen LogP contribution is -2.29. The van der Waals surface area contributed by atoms with Crippen LogP contribution in [0.5, 0.6) is 0 Å². The molecule has 0 aliphatic carbocycles. The zero-order chi connectivity index (χ0) is 37.5. The SMILES string of the molecule is CCCCC/C=C\C[C@@H](O)[C@H](O)CCCCCCCC(=O)OC[C@H](COP(=O)(O)OC[C@@H](O)CO)OC(=O)CCCCCCCCCC(C)C. The van der Waals surface area contributed by atoms with E-state index < -0.39 is 64.0 Å². The summed E-state index contributed by atoms with van der Waals surface area (Å²) in [4.78, 5) is 34.8. The van der Waals surface area contributed by atoms with Crippen molar-refractivity contribution in [1.29, 1.82) is 0 Å². The fourth-order valence-electron chi connectivity index (χ4n) is 5.14. The summed E-state index contributed by atoms with van der Waals surface area (Å²) in [7, 11) is -4.64. The van der Waals surface area contributed by atoms with Gasteiger partial charge in [0.15, 0.2) is 6.10 Å². The molecule has 1 unspecified atom stereocenters. The maximum atomic E-state index is 12.5. The van der Waals surface area contributed by atoms with E-state index in [0.29, 0.717) is 25.7 Å². The Balaban J connectivity index is 4.46. The summed E-state index contributed by atoms with van der Waals surface area (Å²) in [6.45, 7) is 4.36. The highest BCUT2D eigenvalue weighted by atomic mass is 31.2. The topological polar surface area (TPSA) is 189 Å². The number of carbonyl (C=O) groups is 2. The number of carbonyl (C=O) groups excluding carboxylic acids is 2. The number of phosphoric ester groups is 1. The van der Waals surface area contributed by atoms with E-state index in [-0.39, 0.29) is 19.4 Å². The molecule has 0 aliphatic heterocycles. The molecule has 0 rings (SSSR count). The van der Waals surface area contributed by atoms with E-state index in [1.54, 1.807) is 0 Å². The first-order valence-corrected chi connectivity index (χ1v) is 20.7. The van der Waals surface area contributed by atoms with Gasteiger partial charge in [-0.2, -0.15) is 0 Å². The lowest BCUT2D eigenvalue weighted by atomic mass is 10.0. The van der Waals surface area contributed by atoms with Crippen LogP contribution in [-0.2, 0) is 32.7 Å². The molecular weight excluding hydrogens is 667 g/mol. The molecule has 0 aliphatic rings. The average Bonchev–Trinajstić information content (AvgIpc) is 3.08. The van der Waals surface area contributed by atoms with E-state index in [0.717, 1.165) is 63.7 Å². The summed E-state index contributed by atoms with van der Waals surface area (Å²) < 4.78 is 32.4. The monoisotopic (exact) mass is 738 g/mol. The number of ether oxygens (including phenoxy) is 2. The van der Waals surface area contributed by atoms with Crippen LogP contribution in [0.2, 0.25) is 0 Å². The fourth-order valence-corrected chi connectivity index (χ4v) is 5.93. The summed E-state index contributed by atoms with van der Waals surface area (Å²) in [5.41, 5.74) is 0. The van der Waals surface area contributed by atoms with Crippen molar-refractivity contribution in [2.45, 2.75) is 180 Å². The van der Waals surface area contributed by atoms with Crippen LogP contribution < -0.4 is 0 Å². The molecule has 0 saturated carbocycles. The van der Waals surface area contributed by atoms with Crippen molar-refractivity contribution in [3.63, 3.8) is 0 Å². The van der Waals surface area contributed by atoms with Crippen LogP contribution in [0.3, 0.4) is 0 Å². The Hall–Kier alpha value is -1.37. The third-order valence-corrected chi connectivity index (χ3v) is 9.25. The second-order valence-corrected chi connectivity index (χ2v) is 15.2. The van der Waals surface area contributed by atoms with Crippen molar-refractivity contribution in [3.05, 3.63) is 12.2 Å². The van der Waals surface area contributed by atoms with Gasteiger partial charge < -0.3 is 34.8 Å². The molecule has 5 N–H and O–H groups in total. The first-order chi connectivity index (χ1) is 23.9. The number of esters is 2. The summed E-state index contributed by atoms with van der Waals surface area (Å²) in [6.07, 6.45) is 18.1. The van der Waals surface area contributed by atoms with Gasteiger partial charge >= 0.3 is 19.8 Å². The molecular formula is C37H71O12P. The van der Waals surface area contributed by atoms with Crippen molar-refractivity contribution in [1.82, 2.24) is 0 Å². The quantitative estimate of drug-likeness (QED) is 0.0193. The van der Waals surface area contributed by atoms with E-state index in [4.69, 9.17) is 19.1 Å². The lowest BCUT2D eigenvalue weighted by molar-refractivity contribution is -0.161. The van der Waals surface area contributed by atoms with E-state index in [1.165, 1.54) is 38.5 Å². The Morgan fingerprint density at radius 1 is 0.680 bits per heavy atom. The van der Waals surface area contributed by atoms with Crippen molar-refractivity contribution >= 4 is 19.8 Å². The van der Waals surface area contributed by atoms with E-state index in [9.17, 15) is 34.4 Å². The normalized spacial score (nSPS) is 15.5. The number of hydrogen-bond donors (Lipinski definition) is 5. The van der Waals surface area contributed by atoms with Crippen LogP contribution in [0.4, 0.5) is 0 Å². The molecule has 0 aromatic rings. The van der Waals surface area contributed by atoms with Gasteiger partial charge in [-0.3, -0.25) is 18.6 Å². The zero-order valence-corrected chi connectivity index (χ0v) is 32.2. The first kappa shape index (κ1) is 48.6. The molecule has 0 aromatic heterocycles. The number of phosphoric acid groups is 1. The molecule has 50 heavy (non-hydrogen) atoms. The fraction of sp³-hybridized carbons (Fsp3) is 0.892. The van der Waals surface area contributed by atoms with Gasteiger partial charge in [-0.15, -0.1) is 0 Å². The minimum atomic E-state index is -4.64. The second-order valence-electron chi connectivity index (χ2n) is 13.7. The van der Waals surface area contributed by atoms with Gasteiger partial charge in [0.05, 0.1) is 32.0 Å². The van der Waals surface area contributed by atoms with Gasteiger partial charge in [0.2, 0.25) is 0 Å². The lowest BCUT2D eigenvalue weighted by Gasteiger charge is -2.20. The third kappa shape index (κ3) is 31.4. The molecule has 0 saturated heterocycles. The number of allylic oxidation sites excluding steroid dienone is 1. The average molecular weight is 739 g/mol. The highest BCUT2D eigenvalue weighted by Gasteiger charge is 2.27. The maximum Gasteiger partial charge on any atom is 0.472 e. The largest absolute Gasteiger partial charge is 0.472 e. The molecule has 0 bridgehead atoms. The molecule has 0 fully saturated rings. The predicted molar refractivity (Wildman–Crippen MR) is 194 cm³/mol. The number of unbranched alkanes of at least 4 members (excludes halogenated alkanes) is 13. The van der Waals surface area contributed by atoms with Crippen molar-refractivity contribution in [3.8, 4) is 0 Å². The zero-order valence-electron chi connectivity index (χ0n) is 31.3. The summed E-state index contributed by atoms with van der Waals surface area (Å²) in [5, 5.41) is 38.6. The van der Waals surface area contributed by atoms with Crippen molar-refractivity contribution in [2.24, 2.45) is 5.92 Å². The van der Waals surface area contributed by atoms with Crippen molar-refractivity contribution < 1.29 is 58.0 Å². The van der Waals surface area contributed by atoms with Crippen molar-refractivity contribution in [2.75, 3.05) is 26.4 Å². The van der Waals surface area contributed by atoms with Gasteiger partial charge in [-0.25, -0.2) is 4.57 Å². The minimum absolute atomic E-state index is 0.144. The van der Waals surface area contributed by atoms with E-state index in [2.05, 4.69) is 31.4 Å². The Morgan fingerprint density at radius 3 is 1.84 bits per heavy atom. The smallest absolute Gasteiger partial charge is 0.462 e. The van der Waals surface area contributed by atoms with Crippen LogP contribution in [0, 0.1) is 5.92 Å². The Bertz CT molecular complexity index is 900. The molecule has 0 heterocycles. The molecule has 13 heteroatoms. The number of aliphatic hydroxyl groups is 4. The first-order valence-electron chi connectivity index (χ1n) is 19.2. The Labute approximate surface area is 301 Å². The van der Waals surface area contributed by atoms with Gasteiger partial charge in [0, 0.05) is 12.8 Å². The molecule has 0 radical (unpaired) electrons. The summed E-state index contributed by atoms with van der Waals surface area (Å²) >= 11 is 0. The van der Waals surface area contributed by atoms with Gasteiger partial charge in [0.1, 0.15) is 12.7 Å². The Morgan fingerprint density at radius 2 is 1.24 bits per heavy atom. The molecule has 5 atom stereocenters. The highest BCUT2D eigenvalue weighted by Crippen LogP contribution is 2.43. The van der Waals surface area contributed by atoms with Crippen LogP contribution in [-0.4, -0.2) is 88.1 Å². The minimum Gasteiger partial charge on any atom is -0.462 e. The van der Waals surface area contributed by atoms with E-state index in [1.807, 2.05) is 6.08 Å². The molecule has 0 amide bonds. The predicted octanol–water partition coefficient (Wildman–Crippen LogP) is 7.07. The van der Waals surface area contributed by atoms with Gasteiger partial charge in [-0.1, -0.05) is 116 Å². The van der Waals surface area contributed by atoms with Crippen LogP contribution in [0.25, 0.3) is 0 Å². The number of aliphatic hydroxyl groups excluding tert-OH is 4. The molecule has 296 valence electrons.